The lowest BCUT2D eigenvalue weighted by molar-refractivity contribution is -0.133. The summed E-state index contributed by atoms with van der Waals surface area (Å²) >= 11 is 1.02. The number of nitrogens with zero attached hydrogens (tertiary/aromatic N) is 3. The molecule has 0 amide bonds. The first kappa shape index (κ1) is 19.3. The standard InChI is InChI=1S/C19H16N4O4S/c1-26-15-7-13-14(8-16(15)27-2)22-19(28-10-17(24)25)23-18(13)21-12-5-3-11(9-20)4-6-12/h3-8H,10H2,1-2H3,(H,24,25)(H,21,22,23). The summed E-state index contributed by atoms with van der Waals surface area (Å²) < 4.78 is 10.7. The van der Waals surface area contributed by atoms with Crippen LogP contribution in [0.5, 0.6) is 11.5 Å². The summed E-state index contributed by atoms with van der Waals surface area (Å²) in [7, 11) is 3.07. The van der Waals surface area contributed by atoms with E-state index in [4.69, 9.17) is 19.8 Å². The highest BCUT2D eigenvalue weighted by molar-refractivity contribution is 7.99. The van der Waals surface area contributed by atoms with Gasteiger partial charge < -0.3 is 19.9 Å². The molecule has 1 heterocycles. The van der Waals surface area contributed by atoms with Gasteiger partial charge in [0.05, 0.1) is 37.1 Å². The minimum absolute atomic E-state index is 0.158. The molecule has 1 aromatic heterocycles. The van der Waals surface area contributed by atoms with Crippen LogP contribution in [0.2, 0.25) is 0 Å². The van der Waals surface area contributed by atoms with Gasteiger partial charge in [-0.3, -0.25) is 4.79 Å². The van der Waals surface area contributed by atoms with Crippen molar-refractivity contribution in [3.05, 3.63) is 42.0 Å². The van der Waals surface area contributed by atoms with Crippen molar-refractivity contribution < 1.29 is 19.4 Å². The molecule has 0 unspecified atom stereocenters. The van der Waals surface area contributed by atoms with Crippen LogP contribution < -0.4 is 14.8 Å². The van der Waals surface area contributed by atoms with Crippen LogP contribution in [-0.4, -0.2) is 41.0 Å². The quantitative estimate of drug-likeness (QED) is 0.457. The fraction of sp³-hybridized carbons (Fsp3) is 0.158. The molecule has 3 aromatic rings. The van der Waals surface area contributed by atoms with Gasteiger partial charge in [0.15, 0.2) is 16.7 Å². The summed E-state index contributed by atoms with van der Waals surface area (Å²) in [6.45, 7) is 0. The Labute approximate surface area is 165 Å². The number of thioether (sulfide) groups is 1. The van der Waals surface area contributed by atoms with Crippen molar-refractivity contribution in [3.8, 4) is 17.6 Å². The molecular formula is C19H16N4O4S. The average molecular weight is 396 g/mol. The molecule has 9 heteroatoms. The number of fused-ring (bicyclic) bond motifs is 1. The first-order valence-electron chi connectivity index (χ1n) is 8.09. The second-order valence-electron chi connectivity index (χ2n) is 5.58. The number of hydrogen-bond donors (Lipinski definition) is 2. The van der Waals surface area contributed by atoms with Crippen LogP contribution >= 0.6 is 11.8 Å². The number of carboxylic acid groups (broad SMARTS) is 1. The highest BCUT2D eigenvalue weighted by Crippen LogP contribution is 2.36. The van der Waals surface area contributed by atoms with Crippen LogP contribution in [0.1, 0.15) is 5.56 Å². The minimum Gasteiger partial charge on any atom is -0.493 e. The van der Waals surface area contributed by atoms with Gasteiger partial charge in [-0.2, -0.15) is 5.26 Å². The average Bonchev–Trinajstić information content (AvgIpc) is 2.71. The predicted octanol–water partition coefficient (Wildman–Crippen LogP) is 3.44. The summed E-state index contributed by atoms with van der Waals surface area (Å²) in [4.78, 5) is 19.8. The topological polar surface area (TPSA) is 117 Å². The molecule has 0 aliphatic heterocycles. The van der Waals surface area contributed by atoms with E-state index in [1.54, 1.807) is 36.4 Å². The first-order valence-corrected chi connectivity index (χ1v) is 9.08. The van der Waals surface area contributed by atoms with Crippen molar-refractivity contribution in [1.82, 2.24) is 9.97 Å². The van der Waals surface area contributed by atoms with E-state index in [0.717, 1.165) is 17.4 Å². The van der Waals surface area contributed by atoms with E-state index >= 15 is 0 Å². The molecule has 2 aromatic carbocycles. The van der Waals surface area contributed by atoms with Crippen molar-refractivity contribution in [2.24, 2.45) is 0 Å². The van der Waals surface area contributed by atoms with Crippen LogP contribution in [-0.2, 0) is 4.79 Å². The van der Waals surface area contributed by atoms with E-state index < -0.39 is 5.97 Å². The van der Waals surface area contributed by atoms with Crippen molar-refractivity contribution in [2.45, 2.75) is 5.16 Å². The van der Waals surface area contributed by atoms with E-state index in [9.17, 15) is 4.79 Å². The Kier molecular flexibility index (Phi) is 5.81. The van der Waals surface area contributed by atoms with Gasteiger partial charge in [-0.15, -0.1) is 0 Å². The molecule has 0 atom stereocenters. The monoisotopic (exact) mass is 396 g/mol. The number of nitrogens with one attached hydrogen (secondary N) is 1. The summed E-state index contributed by atoms with van der Waals surface area (Å²) in [5.74, 6) is 0.403. The number of ether oxygens (including phenoxy) is 2. The molecule has 0 fully saturated rings. The normalized spacial score (nSPS) is 10.3. The maximum absolute atomic E-state index is 10.9. The number of methoxy groups -OCH3 is 2. The number of aromatic nitrogens is 2. The van der Waals surface area contributed by atoms with Crippen LogP contribution in [0.25, 0.3) is 10.9 Å². The van der Waals surface area contributed by atoms with E-state index in [-0.39, 0.29) is 5.75 Å². The molecule has 142 valence electrons. The highest BCUT2D eigenvalue weighted by atomic mass is 32.2. The Balaban J connectivity index is 2.09. The van der Waals surface area contributed by atoms with Gasteiger partial charge in [-0.25, -0.2) is 9.97 Å². The summed E-state index contributed by atoms with van der Waals surface area (Å²) in [6, 6.07) is 12.4. The van der Waals surface area contributed by atoms with E-state index in [1.807, 2.05) is 0 Å². The van der Waals surface area contributed by atoms with E-state index in [0.29, 0.717) is 38.9 Å². The zero-order chi connectivity index (χ0) is 20.1. The Bertz CT molecular complexity index is 1060. The lowest BCUT2D eigenvalue weighted by atomic mass is 10.2. The first-order chi connectivity index (χ1) is 13.5. The Morgan fingerprint density at radius 2 is 1.86 bits per heavy atom. The molecule has 0 saturated carbocycles. The summed E-state index contributed by atoms with van der Waals surface area (Å²) in [5.41, 5.74) is 1.85. The molecular weight excluding hydrogens is 380 g/mol. The number of anilines is 2. The number of benzene rings is 2. The van der Waals surface area contributed by atoms with Gasteiger partial charge in [0.1, 0.15) is 5.82 Å². The van der Waals surface area contributed by atoms with Crippen molar-refractivity contribution in [1.29, 1.82) is 5.26 Å². The summed E-state index contributed by atoms with van der Waals surface area (Å²) in [6.07, 6.45) is 0. The van der Waals surface area contributed by atoms with E-state index in [2.05, 4.69) is 21.4 Å². The molecule has 28 heavy (non-hydrogen) atoms. The van der Waals surface area contributed by atoms with E-state index in [1.165, 1.54) is 14.2 Å². The smallest absolute Gasteiger partial charge is 0.313 e. The van der Waals surface area contributed by atoms with Gasteiger partial charge in [-0.1, -0.05) is 11.8 Å². The highest BCUT2D eigenvalue weighted by Gasteiger charge is 2.14. The fourth-order valence-electron chi connectivity index (χ4n) is 2.49. The van der Waals surface area contributed by atoms with Crippen LogP contribution in [0.4, 0.5) is 11.5 Å². The molecule has 2 N–H and O–H groups in total. The fourth-order valence-corrected chi connectivity index (χ4v) is 3.06. The lowest BCUT2D eigenvalue weighted by Crippen LogP contribution is -2.03. The third-order valence-corrected chi connectivity index (χ3v) is 4.61. The van der Waals surface area contributed by atoms with Crippen molar-refractivity contribution in [2.75, 3.05) is 25.3 Å². The molecule has 8 nitrogen and oxygen atoms in total. The Morgan fingerprint density at radius 1 is 1.18 bits per heavy atom. The number of nitriles is 1. The number of rotatable bonds is 7. The minimum atomic E-state index is -0.956. The zero-order valence-electron chi connectivity index (χ0n) is 15.1. The zero-order valence-corrected chi connectivity index (χ0v) is 15.9. The molecule has 0 radical (unpaired) electrons. The summed E-state index contributed by atoms with van der Waals surface area (Å²) in [5, 5.41) is 22.1. The second-order valence-corrected chi connectivity index (χ2v) is 6.52. The van der Waals surface area contributed by atoms with Gasteiger partial charge in [0, 0.05) is 17.1 Å². The van der Waals surface area contributed by atoms with Crippen molar-refractivity contribution in [3.63, 3.8) is 0 Å². The molecule has 0 bridgehead atoms. The van der Waals surface area contributed by atoms with Gasteiger partial charge in [-0.05, 0) is 30.3 Å². The molecule has 3 rings (SSSR count). The van der Waals surface area contributed by atoms with Crippen LogP contribution in [0.3, 0.4) is 0 Å². The van der Waals surface area contributed by atoms with Gasteiger partial charge in [0.2, 0.25) is 0 Å². The predicted molar refractivity (Wildman–Crippen MR) is 105 cm³/mol. The Morgan fingerprint density at radius 3 is 2.46 bits per heavy atom. The third-order valence-electron chi connectivity index (χ3n) is 3.78. The van der Waals surface area contributed by atoms with Crippen molar-refractivity contribution >= 4 is 40.1 Å². The maximum atomic E-state index is 10.9. The van der Waals surface area contributed by atoms with Gasteiger partial charge in [0.25, 0.3) is 0 Å². The molecule has 0 aliphatic carbocycles. The SMILES string of the molecule is COc1cc2nc(SCC(=O)O)nc(Nc3ccc(C#N)cc3)c2cc1OC. The molecule has 0 saturated heterocycles. The maximum Gasteiger partial charge on any atom is 0.313 e. The van der Waals surface area contributed by atoms with Gasteiger partial charge >= 0.3 is 5.97 Å². The number of carboxylic acids is 1. The Hall–Kier alpha value is -3.51. The van der Waals surface area contributed by atoms with Crippen LogP contribution in [0.15, 0.2) is 41.6 Å². The molecule has 0 aliphatic rings. The number of aliphatic carboxylic acids is 1. The number of hydrogen-bond acceptors (Lipinski definition) is 8. The number of carbonyl (C=O) groups is 1. The third kappa shape index (κ3) is 4.24. The lowest BCUT2D eigenvalue weighted by Gasteiger charge is -2.13. The second kappa shape index (κ2) is 8.45. The largest absolute Gasteiger partial charge is 0.493 e. The molecule has 0 spiro atoms. The van der Waals surface area contributed by atoms with Crippen LogP contribution in [0, 0.1) is 11.3 Å².